The SMILES string of the molecule is CCC1(CC)CCC2(NC(=O)C(c3c(C)cc(Cl)cc3Cl)=C2O)OC1.CCOC(=O)Cl.CCOC(=O)OC1=C(c2c(C)cc(Cl)cc2Cl)C(=O)NC12CCC(CC)(CC)CO2. The number of hydrogen-bond donors (Lipinski definition) is 3. The van der Waals surface area contributed by atoms with E-state index >= 15 is 0 Å². The monoisotopic (exact) mass is 946 g/mol. The minimum Gasteiger partial charge on any atom is -0.507 e. The smallest absolute Gasteiger partial charge is 0.507 e. The molecule has 2 spiro atoms. The average Bonchev–Trinajstić information content (AvgIpc) is 3.59. The van der Waals surface area contributed by atoms with Gasteiger partial charge in [-0.05, 0) is 112 Å². The minimum absolute atomic E-state index is 0.0294. The van der Waals surface area contributed by atoms with Crippen LogP contribution in [0.3, 0.4) is 0 Å². The van der Waals surface area contributed by atoms with Gasteiger partial charge >= 0.3 is 11.6 Å². The van der Waals surface area contributed by atoms with Crippen molar-refractivity contribution in [2.24, 2.45) is 10.8 Å². The van der Waals surface area contributed by atoms with Crippen LogP contribution in [-0.2, 0) is 33.3 Å². The van der Waals surface area contributed by atoms with Gasteiger partial charge in [0.2, 0.25) is 5.72 Å². The second-order valence-corrected chi connectivity index (χ2v) is 17.6. The van der Waals surface area contributed by atoms with E-state index in [2.05, 4.69) is 43.1 Å². The number of rotatable bonds is 9. The van der Waals surface area contributed by atoms with Crippen molar-refractivity contribution in [3.63, 3.8) is 0 Å². The van der Waals surface area contributed by atoms with Crippen LogP contribution in [0.25, 0.3) is 11.1 Å². The predicted octanol–water partition coefficient (Wildman–Crippen LogP) is 12.0. The molecule has 2 amide bonds. The molecule has 0 radical (unpaired) electrons. The fraction of sp³-hybridized carbons (Fsp3) is 0.545. The van der Waals surface area contributed by atoms with Crippen molar-refractivity contribution in [2.45, 2.75) is 118 Å². The number of carbonyl (C=O) groups excluding carboxylic acids is 4. The fourth-order valence-corrected chi connectivity index (χ4v) is 9.59. The molecular formula is C44H55Cl5N2O10. The number of benzene rings is 2. The van der Waals surface area contributed by atoms with Gasteiger partial charge in [-0.3, -0.25) is 9.59 Å². The maximum Gasteiger partial charge on any atom is 0.513 e. The zero-order chi connectivity index (χ0) is 45.5. The van der Waals surface area contributed by atoms with E-state index in [0.717, 1.165) is 44.1 Å². The number of aryl methyl sites for hydroxylation is 2. The molecule has 2 unspecified atom stereocenters. The van der Waals surface area contributed by atoms with Gasteiger partial charge in [0.25, 0.3) is 11.8 Å². The second kappa shape index (κ2) is 21.0. The Kier molecular flexibility index (Phi) is 17.3. The molecule has 2 aromatic carbocycles. The summed E-state index contributed by atoms with van der Waals surface area (Å²) < 4.78 is 27.0. The molecule has 61 heavy (non-hydrogen) atoms. The van der Waals surface area contributed by atoms with Crippen LogP contribution < -0.4 is 10.6 Å². The van der Waals surface area contributed by atoms with Gasteiger partial charge < -0.3 is 39.4 Å². The lowest BCUT2D eigenvalue weighted by atomic mass is 9.75. The third kappa shape index (κ3) is 10.9. The molecule has 4 heterocycles. The molecule has 6 rings (SSSR count). The lowest BCUT2D eigenvalue weighted by Gasteiger charge is -2.44. The number of carbonyl (C=O) groups is 4. The number of aliphatic hydroxyl groups excluding tert-OH is 1. The summed E-state index contributed by atoms with van der Waals surface area (Å²) in [7, 11) is 0. The zero-order valence-corrected chi connectivity index (χ0v) is 39.6. The molecule has 2 atom stereocenters. The summed E-state index contributed by atoms with van der Waals surface area (Å²) in [5, 5.41) is 18.2. The molecule has 2 fully saturated rings. The van der Waals surface area contributed by atoms with Gasteiger partial charge in [-0.25, -0.2) is 9.59 Å². The van der Waals surface area contributed by atoms with Crippen molar-refractivity contribution in [1.29, 1.82) is 0 Å². The Morgan fingerprint density at radius 3 is 1.48 bits per heavy atom. The molecule has 12 nitrogen and oxygen atoms in total. The standard InChI is InChI=1S/C22H27Cl2NO5.C19H23Cl2NO3.C3H5ClO2/c1-5-21(6-2)8-9-22(29-12-21)18(30-20(27)28-7-3)17(19(26)25-22)16-13(4)10-14(23)11-15(16)24;1-4-18(5-2)6-7-19(25-10-18)16(23)15(17(24)22-19)14-11(3)8-12(20)9-13(14)21;1-2-6-3(4)5/h10-11H,5-9,12H2,1-4H3,(H,25,26);8-9,23H,4-7,10H2,1-3H3,(H,22,24);2H2,1H3. The van der Waals surface area contributed by atoms with Crippen molar-refractivity contribution in [3.05, 3.63) is 78.1 Å². The van der Waals surface area contributed by atoms with Gasteiger partial charge in [0.05, 0.1) is 47.6 Å². The highest BCUT2D eigenvalue weighted by atomic mass is 35.5. The van der Waals surface area contributed by atoms with E-state index in [9.17, 15) is 24.3 Å². The maximum absolute atomic E-state index is 13.1. The summed E-state index contributed by atoms with van der Waals surface area (Å²) in [6, 6.07) is 6.56. The highest BCUT2D eigenvalue weighted by molar-refractivity contribution is 6.61. The Bertz CT molecular complexity index is 1990. The van der Waals surface area contributed by atoms with Crippen LogP contribution in [0.4, 0.5) is 9.59 Å². The summed E-state index contributed by atoms with van der Waals surface area (Å²) in [4.78, 5) is 47.6. The van der Waals surface area contributed by atoms with E-state index in [0.29, 0.717) is 69.4 Å². The number of amides is 2. The van der Waals surface area contributed by atoms with Crippen LogP contribution in [0.5, 0.6) is 0 Å². The lowest BCUT2D eigenvalue weighted by Crippen LogP contribution is -2.53. The molecule has 2 aromatic rings. The molecule has 0 aromatic heterocycles. The first kappa shape index (κ1) is 50.4. The number of aliphatic hydroxyl groups is 1. The van der Waals surface area contributed by atoms with E-state index in [-0.39, 0.29) is 46.0 Å². The Labute approximate surface area is 382 Å². The van der Waals surface area contributed by atoms with Crippen LogP contribution in [0.15, 0.2) is 35.8 Å². The molecule has 0 bridgehead atoms. The molecule has 4 aliphatic heterocycles. The van der Waals surface area contributed by atoms with Gasteiger partial charge in [-0.2, -0.15) is 0 Å². The van der Waals surface area contributed by atoms with Crippen LogP contribution in [0.2, 0.25) is 20.1 Å². The largest absolute Gasteiger partial charge is 0.513 e. The molecule has 336 valence electrons. The van der Waals surface area contributed by atoms with E-state index in [1.807, 2.05) is 6.92 Å². The molecule has 3 N–H and O–H groups in total. The number of ether oxygens (including phenoxy) is 5. The van der Waals surface area contributed by atoms with Crippen molar-refractivity contribution >= 4 is 92.5 Å². The lowest BCUT2D eigenvalue weighted by molar-refractivity contribution is -0.152. The molecule has 2 saturated heterocycles. The third-order valence-electron chi connectivity index (χ3n) is 12.3. The summed E-state index contributed by atoms with van der Waals surface area (Å²) in [5.74, 6) is -0.767. The first-order valence-electron chi connectivity index (χ1n) is 20.5. The Balaban J connectivity index is 0.000000240. The number of halogens is 5. The van der Waals surface area contributed by atoms with Crippen LogP contribution in [0.1, 0.15) is 115 Å². The number of nitrogens with one attached hydrogen (secondary N) is 2. The second-order valence-electron chi connectivity index (χ2n) is 15.6. The quantitative estimate of drug-likeness (QED) is 0.163. The first-order chi connectivity index (χ1) is 28.7. The van der Waals surface area contributed by atoms with Crippen molar-refractivity contribution < 1.29 is 48.0 Å². The number of hydrogen-bond acceptors (Lipinski definition) is 10. The minimum atomic E-state index is -1.23. The predicted molar refractivity (Wildman–Crippen MR) is 238 cm³/mol. The molecule has 17 heteroatoms. The topological polar surface area (TPSA) is 159 Å². The summed E-state index contributed by atoms with van der Waals surface area (Å²) in [5.41, 5.74) is -0.247. The molecular weight excluding hydrogens is 894 g/mol. The summed E-state index contributed by atoms with van der Waals surface area (Å²) in [6.07, 6.45) is 5.75. The Hall–Kier alpha value is -3.23. The van der Waals surface area contributed by atoms with E-state index in [4.69, 9.17) is 77.0 Å². The Morgan fingerprint density at radius 2 is 1.10 bits per heavy atom. The van der Waals surface area contributed by atoms with Gasteiger partial charge in [0, 0.05) is 45.6 Å². The average molecular weight is 949 g/mol. The zero-order valence-electron chi connectivity index (χ0n) is 35.8. The van der Waals surface area contributed by atoms with Crippen LogP contribution >= 0.6 is 58.0 Å². The van der Waals surface area contributed by atoms with E-state index in [1.165, 1.54) is 0 Å². The molecule has 0 aliphatic carbocycles. The molecule has 4 aliphatic rings. The van der Waals surface area contributed by atoms with Gasteiger partial charge in [0.1, 0.15) is 0 Å². The highest BCUT2D eigenvalue weighted by Crippen LogP contribution is 2.49. The van der Waals surface area contributed by atoms with Crippen molar-refractivity contribution in [3.8, 4) is 0 Å². The third-order valence-corrected chi connectivity index (χ3v) is 13.4. The fourth-order valence-electron chi connectivity index (χ4n) is 8.10. The molecule has 0 saturated carbocycles. The van der Waals surface area contributed by atoms with Crippen molar-refractivity contribution in [1.82, 2.24) is 10.6 Å². The highest BCUT2D eigenvalue weighted by Gasteiger charge is 2.55. The van der Waals surface area contributed by atoms with Gasteiger partial charge in [0.15, 0.2) is 17.2 Å². The normalized spacial score (nSPS) is 22.5. The summed E-state index contributed by atoms with van der Waals surface area (Å²) >= 11 is 29.6. The Morgan fingerprint density at radius 1 is 0.672 bits per heavy atom. The summed E-state index contributed by atoms with van der Waals surface area (Å²) in [6.45, 7) is 17.0. The maximum atomic E-state index is 13.1. The van der Waals surface area contributed by atoms with E-state index in [1.54, 1.807) is 45.0 Å². The van der Waals surface area contributed by atoms with Crippen molar-refractivity contribution in [2.75, 3.05) is 26.4 Å². The van der Waals surface area contributed by atoms with E-state index < -0.39 is 28.9 Å². The first-order valence-corrected chi connectivity index (χ1v) is 22.3. The van der Waals surface area contributed by atoms with Gasteiger partial charge in [-0.15, -0.1) is 0 Å². The van der Waals surface area contributed by atoms with Crippen LogP contribution in [-0.4, -0.2) is 66.4 Å². The van der Waals surface area contributed by atoms with Crippen LogP contribution in [0, 0.1) is 24.7 Å². The van der Waals surface area contributed by atoms with Gasteiger partial charge in [-0.1, -0.05) is 74.1 Å².